The zero-order valence-electron chi connectivity index (χ0n) is 13.3. The van der Waals surface area contributed by atoms with E-state index in [1.165, 1.54) is 33.0 Å². The Hall–Kier alpha value is -1.58. The predicted octanol–water partition coefficient (Wildman–Crippen LogP) is 7.42. The molecule has 5 rings (SSSR count). The monoisotopic (exact) mass is 440 g/mol. The lowest BCUT2D eigenvalue weighted by molar-refractivity contribution is 0.655. The standard InChI is InChI=1S/C21H14Br2O/c1-21(2)15-9-11(22)7-8-12(15)14-10-16(23)20-18(19(14)21)13-5-3-4-6-17(13)24-20/h3-10H,1-2H3. The summed E-state index contributed by atoms with van der Waals surface area (Å²) >= 11 is 7.36. The topological polar surface area (TPSA) is 13.1 Å². The number of halogens is 2. The Balaban J connectivity index is 2.03. The van der Waals surface area contributed by atoms with Crippen molar-refractivity contribution in [2.45, 2.75) is 19.3 Å². The third-order valence-corrected chi connectivity index (χ3v) is 6.26. The van der Waals surface area contributed by atoms with Crippen LogP contribution >= 0.6 is 31.9 Å². The summed E-state index contributed by atoms with van der Waals surface area (Å²) in [6, 6.07) is 17.1. The molecule has 0 N–H and O–H groups in total. The number of rotatable bonds is 0. The summed E-state index contributed by atoms with van der Waals surface area (Å²) in [5.74, 6) is 0. The van der Waals surface area contributed by atoms with Gasteiger partial charge in [0, 0.05) is 20.7 Å². The van der Waals surface area contributed by atoms with Crippen molar-refractivity contribution in [2.75, 3.05) is 0 Å². The Morgan fingerprint density at radius 1 is 0.917 bits per heavy atom. The Bertz CT molecular complexity index is 1150. The summed E-state index contributed by atoms with van der Waals surface area (Å²) in [6.45, 7) is 4.61. The largest absolute Gasteiger partial charge is 0.455 e. The fourth-order valence-corrected chi connectivity index (χ4v) is 4.99. The van der Waals surface area contributed by atoms with Gasteiger partial charge in [-0.05, 0) is 62.4 Å². The van der Waals surface area contributed by atoms with Crippen molar-refractivity contribution >= 4 is 53.8 Å². The van der Waals surface area contributed by atoms with Crippen molar-refractivity contribution in [2.24, 2.45) is 0 Å². The Labute approximate surface area is 156 Å². The highest BCUT2D eigenvalue weighted by Gasteiger charge is 2.38. The molecule has 0 unspecified atom stereocenters. The first-order valence-electron chi connectivity index (χ1n) is 7.93. The van der Waals surface area contributed by atoms with Crippen LogP contribution in [0.2, 0.25) is 0 Å². The van der Waals surface area contributed by atoms with E-state index in [2.05, 4.69) is 82.1 Å². The Morgan fingerprint density at radius 3 is 2.54 bits per heavy atom. The van der Waals surface area contributed by atoms with E-state index in [0.29, 0.717) is 0 Å². The van der Waals surface area contributed by atoms with Crippen molar-refractivity contribution in [1.29, 1.82) is 0 Å². The lowest BCUT2D eigenvalue weighted by Gasteiger charge is -2.22. The van der Waals surface area contributed by atoms with Crippen molar-refractivity contribution in [3.63, 3.8) is 0 Å². The van der Waals surface area contributed by atoms with Gasteiger partial charge in [0.2, 0.25) is 0 Å². The zero-order chi connectivity index (χ0) is 16.6. The summed E-state index contributed by atoms with van der Waals surface area (Å²) in [7, 11) is 0. The van der Waals surface area contributed by atoms with E-state index in [1.54, 1.807) is 0 Å². The smallest absolute Gasteiger partial charge is 0.149 e. The highest BCUT2D eigenvalue weighted by Crippen LogP contribution is 2.54. The molecule has 0 spiro atoms. The number of hydrogen-bond acceptors (Lipinski definition) is 1. The van der Waals surface area contributed by atoms with E-state index >= 15 is 0 Å². The lowest BCUT2D eigenvalue weighted by atomic mass is 9.80. The van der Waals surface area contributed by atoms with Crippen LogP contribution in [0.5, 0.6) is 0 Å². The number of benzene rings is 3. The van der Waals surface area contributed by atoms with Crippen molar-refractivity contribution in [1.82, 2.24) is 0 Å². The van der Waals surface area contributed by atoms with Crippen LogP contribution < -0.4 is 0 Å². The molecular weight excluding hydrogens is 428 g/mol. The Kier molecular flexibility index (Phi) is 2.91. The molecule has 0 radical (unpaired) electrons. The van der Waals surface area contributed by atoms with Gasteiger partial charge in [-0.3, -0.25) is 0 Å². The van der Waals surface area contributed by atoms with Crippen LogP contribution in [0, 0.1) is 0 Å². The molecule has 0 atom stereocenters. The van der Waals surface area contributed by atoms with Crippen LogP contribution in [0.15, 0.2) is 61.9 Å². The van der Waals surface area contributed by atoms with Gasteiger partial charge in [0.15, 0.2) is 0 Å². The van der Waals surface area contributed by atoms with Gasteiger partial charge < -0.3 is 4.42 Å². The molecule has 1 nitrogen and oxygen atoms in total. The van der Waals surface area contributed by atoms with Crippen molar-refractivity contribution in [3.05, 3.63) is 68.6 Å². The number of para-hydroxylation sites is 1. The number of furan rings is 1. The van der Waals surface area contributed by atoms with Crippen LogP contribution in [-0.4, -0.2) is 0 Å². The molecule has 0 aliphatic heterocycles. The van der Waals surface area contributed by atoms with Crippen LogP contribution in [0.1, 0.15) is 25.0 Å². The molecule has 0 saturated carbocycles. The van der Waals surface area contributed by atoms with Crippen LogP contribution in [-0.2, 0) is 5.41 Å². The average molecular weight is 442 g/mol. The zero-order valence-corrected chi connectivity index (χ0v) is 16.5. The fraction of sp³-hybridized carbons (Fsp3) is 0.143. The van der Waals surface area contributed by atoms with Crippen molar-refractivity contribution in [3.8, 4) is 11.1 Å². The van der Waals surface area contributed by atoms with Gasteiger partial charge in [-0.1, -0.05) is 54.0 Å². The van der Waals surface area contributed by atoms with Gasteiger partial charge in [-0.25, -0.2) is 0 Å². The SMILES string of the molecule is CC1(C)c2cc(Br)ccc2-c2cc(Br)c3oc4ccccc4c3c21. The van der Waals surface area contributed by atoms with E-state index < -0.39 is 0 Å². The van der Waals surface area contributed by atoms with Gasteiger partial charge in [0.05, 0.1) is 4.47 Å². The second-order valence-electron chi connectivity index (χ2n) is 6.90. The normalized spacial score (nSPS) is 15.0. The summed E-state index contributed by atoms with van der Waals surface area (Å²) < 4.78 is 8.30. The molecule has 1 aliphatic rings. The maximum Gasteiger partial charge on any atom is 0.149 e. The highest BCUT2D eigenvalue weighted by molar-refractivity contribution is 9.11. The molecule has 0 fully saturated rings. The molecule has 4 aromatic rings. The van der Waals surface area contributed by atoms with Crippen LogP contribution in [0.3, 0.4) is 0 Å². The second kappa shape index (κ2) is 4.74. The van der Waals surface area contributed by atoms with E-state index in [4.69, 9.17) is 4.42 Å². The van der Waals surface area contributed by atoms with Crippen LogP contribution in [0.25, 0.3) is 33.1 Å². The second-order valence-corrected chi connectivity index (χ2v) is 8.67. The molecule has 0 bridgehead atoms. The molecule has 0 amide bonds. The van der Waals surface area contributed by atoms with E-state index in [-0.39, 0.29) is 5.41 Å². The molecular formula is C21H14Br2O. The average Bonchev–Trinajstić information content (AvgIpc) is 3.03. The summed E-state index contributed by atoms with van der Waals surface area (Å²) in [4.78, 5) is 0. The maximum atomic E-state index is 6.17. The fourth-order valence-electron chi connectivity index (χ4n) is 4.13. The molecule has 0 saturated heterocycles. The molecule has 1 aromatic heterocycles. The van der Waals surface area contributed by atoms with E-state index in [9.17, 15) is 0 Å². The van der Waals surface area contributed by atoms with E-state index in [0.717, 1.165) is 20.1 Å². The minimum atomic E-state index is -0.0694. The molecule has 1 aliphatic carbocycles. The molecule has 3 heteroatoms. The first-order chi connectivity index (χ1) is 11.5. The number of hydrogen-bond donors (Lipinski definition) is 0. The summed E-state index contributed by atoms with van der Waals surface area (Å²) in [6.07, 6.45) is 0. The van der Waals surface area contributed by atoms with Gasteiger partial charge in [0.1, 0.15) is 11.2 Å². The number of fused-ring (bicyclic) bond motifs is 7. The molecule has 24 heavy (non-hydrogen) atoms. The van der Waals surface area contributed by atoms with Gasteiger partial charge in [0.25, 0.3) is 0 Å². The third-order valence-electron chi connectivity index (χ3n) is 5.17. The molecule has 3 aromatic carbocycles. The van der Waals surface area contributed by atoms with Gasteiger partial charge >= 0.3 is 0 Å². The minimum absolute atomic E-state index is 0.0694. The molecule has 118 valence electrons. The molecule has 1 heterocycles. The minimum Gasteiger partial charge on any atom is -0.455 e. The highest BCUT2D eigenvalue weighted by atomic mass is 79.9. The predicted molar refractivity (Wildman–Crippen MR) is 107 cm³/mol. The summed E-state index contributed by atoms with van der Waals surface area (Å²) in [5, 5.41) is 2.41. The van der Waals surface area contributed by atoms with Gasteiger partial charge in [-0.2, -0.15) is 0 Å². The van der Waals surface area contributed by atoms with Crippen molar-refractivity contribution < 1.29 is 4.42 Å². The Morgan fingerprint density at radius 2 is 1.71 bits per heavy atom. The first kappa shape index (κ1) is 14.7. The summed E-state index contributed by atoms with van der Waals surface area (Å²) in [5.41, 5.74) is 7.14. The quantitative estimate of drug-likeness (QED) is 0.276. The van der Waals surface area contributed by atoms with Crippen LogP contribution in [0.4, 0.5) is 0 Å². The maximum absolute atomic E-state index is 6.17. The third kappa shape index (κ3) is 1.75. The van der Waals surface area contributed by atoms with Gasteiger partial charge in [-0.15, -0.1) is 0 Å². The lowest BCUT2D eigenvalue weighted by Crippen LogP contribution is -2.15. The first-order valence-corrected chi connectivity index (χ1v) is 9.51. The van der Waals surface area contributed by atoms with E-state index in [1.807, 2.05) is 12.1 Å².